The molecule has 0 saturated heterocycles. The molecule has 0 fully saturated rings. The Morgan fingerprint density at radius 1 is 0.379 bits per heavy atom. The summed E-state index contributed by atoms with van der Waals surface area (Å²) in [5, 5.41) is 7.17. The molecule has 3 aromatic heterocycles. The number of ether oxygens (including phenoxy) is 1. The Hall–Kier alpha value is -7.56. The lowest BCUT2D eigenvalue weighted by Crippen LogP contribution is -2.55. The molecule has 58 heavy (non-hydrogen) atoms. The van der Waals surface area contributed by atoms with Gasteiger partial charge in [-0.15, -0.1) is 0 Å². The van der Waals surface area contributed by atoms with Crippen molar-refractivity contribution in [1.29, 1.82) is 0 Å². The van der Waals surface area contributed by atoms with Crippen molar-refractivity contribution < 1.29 is 9.15 Å². The highest BCUT2D eigenvalue weighted by atomic mass is 16.5. The zero-order valence-electron chi connectivity index (χ0n) is 31.3. The number of para-hydroxylation sites is 3. The van der Waals surface area contributed by atoms with E-state index < -0.39 is 0 Å². The van der Waals surface area contributed by atoms with Crippen molar-refractivity contribution in [2.45, 2.75) is 0 Å². The summed E-state index contributed by atoms with van der Waals surface area (Å²) in [6.45, 7) is -0.0628. The van der Waals surface area contributed by atoms with Crippen LogP contribution < -0.4 is 21.1 Å². The van der Waals surface area contributed by atoms with E-state index in [1.807, 2.05) is 0 Å². The van der Waals surface area contributed by atoms with Crippen molar-refractivity contribution >= 4 is 83.1 Å². The number of rotatable bonds is 4. The molecule has 0 N–H and O–H groups in total. The molecule has 0 saturated carbocycles. The van der Waals surface area contributed by atoms with E-state index >= 15 is 0 Å². The Morgan fingerprint density at radius 2 is 0.966 bits per heavy atom. The quantitative estimate of drug-likeness (QED) is 0.168. The van der Waals surface area contributed by atoms with Crippen molar-refractivity contribution in [2.75, 3.05) is 0 Å². The van der Waals surface area contributed by atoms with Crippen molar-refractivity contribution in [3.05, 3.63) is 194 Å². The standard InChI is InChI=1S/C54H32BNO2/c1-3-13-33(14-4-1)35-25-27-49-45(30-35)55(46-31-36(26-28-50(46)57-49)34-15-5-2-6-16-34)38-18-11-17-37(29-38)39-21-12-22-41-44-32-43-40-19-7-9-23-47(40)56-48-24-10-8-20-42(48)51(52(43)56)54(44)58-53(39)41/h1-32H. The Morgan fingerprint density at radius 3 is 1.67 bits per heavy atom. The summed E-state index contributed by atoms with van der Waals surface area (Å²) in [7, 11) is 0. The molecule has 12 aromatic rings. The first-order valence-electron chi connectivity index (χ1n) is 19.9. The lowest BCUT2D eigenvalue weighted by Gasteiger charge is -2.28. The fraction of sp³-hybridized carbons (Fsp3) is 0. The summed E-state index contributed by atoms with van der Waals surface area (Å²) in [6.07, 6.45) is 0. The summed E-state index contributed by atoms with van der Waals surface area (Å²) in [5.74, 6) is 1.77. The Kier molecular flexibility index (Phi) is 6.53. The first-order chi connectivity index (χ1) is 28.8. The van der Waals surface area contributed by atoms with Gasteiger partial charge < -0.3 is 13.6 Å². The minimum Gasteiger partial charge on any atom is -0.458 e. The Bertz CT molecular complexity index is 3510. The molecular weight excluding hydrogens is 705 g/mol. The van der Waals surface area contributed by atoms with Crippen LogP contribution in [0.15, 0.2) is 199 Å². The van der Waals surface area contributed by atoms with Gasteiger partial charge in [-0.3, -0.25) is 0 Å². The zero-order chi connectivity index (χ0) is 37.9. The highest BCUT2D eigenvalue weighted by Gasteiger charge is 2.34. The second kappa shape index (κ2) is 12.0. The number of hydrogen-bond donors (Lipinski definition) is 0. The van der Waals surface area contributed by atoms with E-state index in [9.17, 15) is 0 Å². The van der Waals surface area contributed by atoms with Crippen LogP contribution in [-0.4, -0.2) is 11.1 Å². The van der Waals surface area contributed by atoms with Gasteiger partial charge in [0.05, 0.1) is 21.9 Å². The van der Waals surface area contributed by atoms with Gasteiger partial charge >= 0.3 is 0 Å². The third-order valence-corrected chi connectivity index (χ3v) is 12.4. The maximum Gasteiger partial charge on any atom is 0.251 e. The van der Waals surface area contributed by atoms with Gasteiger partial charge in [0.25, 0.3) is 6.71 Å². The van der Waals surface area contributed by atoms with Gasteiger partial charge in [-0.1, -0.05) is 169 Å². The maximum atomic E-state index is 7.15. The number of nitrogens with zero attached hydrogens (tertiary/aromatic N) is 1. The molecule has 13 rings (SSSR count). The lowest BCUT2D eigenvalue weighted by molar-refractivity contribution is 0.487. The first-order valence-corrected chi connectivity index (χ1v) is 19.9. The molecule has 0 spiro atoms. The predicted octanol–water partition coefficient (Wildman–Crippen LogP) is 12.4. The van der Waals surface area contributed by atoms with E-state index in [4.69, 9.17) is 9.15 Å². The molecule has 0 amide bonds. The van der Waals surface area contributed by atoms with Gasteiger partial charge in [-0.2, -0.15) is 0 Å². The second-order valence-corrected chi connectivity index (χ2v) is 15.6. The van der Waals surface area contributed by atoms with E-state index in [1.165, 1.54) is 65.8 Å². The Balaban J connectivity index is 1.03. The summed E-state index contributed by atoms with van der Waals surface area (Å²) >= 11 is 0. The molecule has 268 valence electrons. The number of hydrogen-bond acceptors (Lipinski definition) is 2. The average Bonchev–Trinajstić information content (AvgIpc) is 3.95. The van der Waals surface area contributed by atoms with Crippen molar-refractivity contribution in [3.8, 4) is 44.9 Å². The highest BCUT2D eigenvalue weighted by Crippen LogP contribution is 2.46. The van der Waals surface area contributed by atoms with Gasteiger partial charge in [0, 0.05) is 32.5 Å². The number of benzene rings is 9. The van der Waals surface area contributed by atoms with E-state index in [1.54, 1.807) is 0 Å². The second-order valence-electron chi connectivity index (χ2n) is 15.6. The molecule has 9 aromatic carbocycles. The van der Waals surface area contributed by atoms with E-state index in [-0.39, 0.29) is 6.71 Å². The molecule has 4 heteroatoms. The smallest absolute Gasteiger partial charge is 0.251 e. The SMILES string of the molecule is c1ccc(-c2ccc3c(c2)B(c2cccc(-c4cccc5c4oc4c5cc5c6ccccc6n6c7ccccc7c4c56)c2)c2cc(-c4ccccc4)ccc2O3)cc1. The van der Waals surface area contributed by atoms with Gasteiger partial charge in [-0.05, 0) is 69.1 Å². The maximum absolute atomic E-state index is 7.15. The molecule has 0 radical (unpaired) electrons. The average molecular weight is 738 g/mol. The van der Waals surface area contributed by atoms with Gasteiger partial charge in [0.2, 0.25) is 0 Å². The monoisotopic (exact) mass is 737 g/mol. The lowest BCUT2D eigenvalue weighted by atomic mass is 9.35. The molecule has 0 unspecified atom stereocenters. The fourth-order valence-electron chi connectivity index (χ4n) is 9.87. The van der Waals surface area contributed by atoms with Crippen molar-refractivity contribution in [1.82, 2.24) is 4.40 Å². The number of aromatic nitrogens is 1. The predicted molar refractivity (Wildman–Crippen MR) is 242 cm³/mol. The molecule has 0 aliphatic carbocycles. The fourth-order valence-corrected chi connectivity index (χ4v) is 9.87. The molecule has 0 atom stereocenters. The molecule has 1 aliphatic rings. The van der Waals surface area contributed by atoms with E-state index in [0.29, 0.717) is 0 Å². The summed E-state index contributed by atoms with van der Waals surface area (Å²) < 4.78 is 16.3. The normalized spacial score (nSPS) is 12.6. The number of fused-ring (bicyclic) bond motifs is 12. The zero-order valence-corrected chi connectivity index (χ0v) is 31.3. The Labute approximate surface area is 334 Å². The van der Waals surface area contributed by atoms with Crippen LogP contribution in [0.25, 0.3) is 93.4 Å². The van der Waals surface area contributed by atoms with Gasteiger partial charge in [0.15, 0.2) is 0 Å². The van der Waals surface area contributed by atoms with Crippen molar-refractivity contribution in [3.63, 3.8) is 0 Å². The van der Waals surface area contributed by atoms with E-state index in [0.717, 1.165) is 55.5 Å². The van der Waals surface area contributed by atoms with Crippen LogP contribution in [0, 0.1) is 0 Å². The van der Waals surface area contributed by atoms with Crippen molar-refractivity contribution in [2.24, 2.45) is 0 Å². The minimum absolute atomic E-state index is 0.0628. The highest BCUT2D eigenvalue weighted by molar-refractivity contribution is 6.97. The van der Waals surface area contributed by atoms with Gasteiger partial charge in [-0.25, -0.2) is 0 Å². The molecular formula is C54H32BNO2. The molecule has 1 aliphatic heterocycles. The largest absolute Gasteiger partial charge is 0.458 e. The van der Waals surface area contributed by atoms with Crippen LogP contribution in [0.3, 0.4) is 0 Å². The molecule has 0 bridgehead atoms. The van der Waals surface area contributed by atoms with Crippen LogP contribution in [0.5, 0.6) is 11.5 Å². The van der Waals surface area contributed by atoms with E-state index in [2.05, 4.69) is 199 Å². The van der Waals surface area contributed by atoms with Crippen LogP contribution in [0.2, 0.25) is 0 Å². The summed E-state index contributed by atoms with van der Waals surface area (Å²) in [5.41, 5.74) is 15.9. The first kappa shape index (κ1) is 31.6. The molecule has 4 heterocycles. The number of furan rings is 1. The third kappa shape index (κ3) is 4.46. The molecule has 3 nitrogen and oxygen atoms in total. The van der Waals surface area contributed by atoms with Crippen LogP contribution in [0.4, 0.5) is 0 Å². The topological polar surface area (TPSA) is 26.8 Å². The third-order valence-electron chi connectivity index (χ3n) is 12.4. The summed E-state index contributed by atoms with van der Waals surface area (Å²) in [6, 6.07) is 70.0. The minimum atomic E-state index is -0.0628. The summed E-state index contributed by atoms with van der Waals surface area (Å²) in [4.78, 5) is 0. The van der Waals surface area contributed by atoms with Crippen LogP contribution in [0.1, 0.15) is 0 Å². The van der Waals surface area contributed by atoms with Gasteiger partial charge in [0.1, 0.15) is 22.7 Å². The van der Waals surface area contributed by atoms with Crippen LogP contribution in [-0.2, 0) is 0 Å². The van der Waals surface area contributed by atoms with Crippen LogP contribution >= 0.6 is 0 Å².